The van der Waals surface area contributed by atoms with Crippen molar-refractivity contribution in [2.24, 2.45) is 0 Å². The van der Waals surface area contributed by atoms with Crippen LogP contribution >= 0.6 is 25.3 Å². The fourth-order valence-corrected chi connectivity index (χ4v) is 3.30. The zero-order chi connectivity index (χ0) is 30.2. The predicted molar refractivity (Wildman–Crippen MR) is 156 cm³/mol. The minimum absolute atomic E-state index is 0.255. The van der Waals surface area contributed by atoms with E-state index in [0.29, 0.717) is 50.0 Å². The average Bonchev–Trinajstić information content (AvgIpc) is 2.76. The van der Waals surface area contributed by atoms with Gasteiger partial charge in [0.1, 0.15) is 22.4 Å². The maximum absolute atomic E-state index is 11.5. The number of ether oxygens (including phenoxy) is 4. The van der Waals surface area contributed by atoms with E-state index >= 15 is 0 Å². The molecule has 10 heteroatoms. The molecule has 38 heavy (non-hydrogen) atoms. The van der Waals surface area contributed by atoms with Gasteiger partial charge >= 0.3 is 23.9 Å². The van der Waals surface area contributed by atoms with Crippen molar-refractivity contribution in [2.75, 3.05) is 11.5 Å². The summed E-state index contributed by atoms with van der Waals surface area (Å²) in [7, 11) is 0. The van der Waals surface area contributed by atoms with Gasteiger partial charge < -0.3 is 18.9 Å². The second-order valence-electron chi connectivity index (χ2n) is 11.2. The Labute approximate surface area is 240 Å². The summed E-state index contributed by atoms with van der Waals surface area (Å²) in [4.78, 5) is 45.2. The Balaban J connectivity index is 0. The van der Waals surface area contributed by atoms with E-state index in [1.54, 1.807) is 27.7 Å². The Morgan fingerprint density at radius 3 is 1.00 bits per heavy atom. The van der Waals surface area contributed by atoms with Gasteiger partial charge in [0.05, 0.1) is 12.8 Å². The number of esters is 4. The van der Waals surface area contributed by atoms with Crippen LogP contribution in [0, 0.1) is 0 Å². The van der Waals surface area contributed by atoms with E-state index in [2.05, 4.69) is 38.4 Å². The van der Waals surface area contributed by atoms with Gasteiger partial charge in [0, 0.05) is 23.7 Å². The molecule has 8 nitrogen and oxygen atoms in total. The number of hydrogen-bond donors (Lipinski definition) is 2. The zero-order valence-corrected chi connectivity index (χ0v) is 26.2. The Hall–Kier alpha value is -1.94. The maximum Gasteiger partial charge on any atom is 0.330 e. The van der Waals surface area contributed by atoms with E-state index in [9.17, 15) is 19.2 Å². The molecule has 0 saturated carbocycles. The highest BCUT2D eigenvalue weighted by molar-refractivity contribution is 7.80. The predicted octanol–water partition coefficient (Wildman–Crippen LogP) is 5.83. The number of carbonyl (C=O) groups excluding carboxylic acids is 4. The first-order valence-corrected chi connectivity index (χ1v) is 13.9. The number of carbonyl (C=O) groups is 4. The first kappa shape index (κ1) is 38.2. The van der Waals surface area contributed by atoms with Gasteiger partial charge in [-0.3, -0.25) is 9.59 Å². The summed E-state index contributed by atoms with van der Waals surface area (Å²) < 4.78 is 21.2. The van der Waals surface area contributed by atoms with Crippen molar-refractivity contribution in [3.63, 3.8) is 0 Å². The minimum atomic E-state index is -0.622. The summed E-state index contributed by atoms with van der Waals surface area (Å²) in [6, 6.07) is 0. The smallest absolute Gasteiger partial charge is 0.330 e. The molecule has 0 spiro atoms. The third-order valence-electron chi connectivity index (χ3n) is 5.16. The molecule has 0 unspecified atom stereocenters. The van der Waals surface area contributed by atoms with Crippen LogP contribution in [0.4, 0.5) is 0 Å². The Bertz CT molecular complexity index is 735. The van der Waals surface area contributed by atoms with Crippen LogP contribution < -0.4 is 0 Å². The van der Waals surface area contributed by atoms with Crippen molar-refractivity contribution in [3.05, 3.63) is 25.3 Å². The molecule has 0 heterocycles. The van der Waals surface area contributed by atoms with Crippen LogP contribution in [0.5, 0.6) is 0 Å². The Morgan fingerprint density at radius 1 is 0.553 bits per heavy atom. The summed E-state index contributed by atoms with van der Waals surface area (Å²) in [5, 5.41) is 0. The molecule has 0 aromatic rings. The number of thiol groups is 2. The summed E-state index contributed by atoms with van der Waals surface area (Å²) in [6.07, 6.45) is 5.24. The van der Waals surface area contributed by atoms with Gasteiger partial charge in [0.25, 0.3) is 0 Å². The Morgan fingerprint density at radius 2 is 0.789 bits per heavy atom. The fraction of sp³-hybridized carbons (Fsp3) is 0.714. The van der Waals surface area contributed by atoms with Crippen molar-refractivity contribution in [1.82, 2.24) is 0 Å². The van der Waals surface area contributed by atoms with Gasteiger partial charge in [-0.15, -0.1) is 0 Å². The van der Waals surface area contributed by atoms with Gasteiger partial charge in [-0.25, -0.2) is 9.59 Å². The van der Waals surface area contributed by atoms with Crippen molar-refractivity contribution >= 4 is 49.1 Å². The van der Waals surface area contributed by atoms with Gasteiger partial charge in [-0.2, -0.15) is 25.3 Å². The van der Waals surface area contributed by atoms with E-state index in [-0.39, 0.29) is 11.9 Å². The molecule has 0 fully saturated rings. The molecule has 220 valence electrons. The topological polar surface area (TPSA) is 105 Å². The summed E-state index contributed by atoms with van der Waals surface area (Å²) in [5.74, 6) is -0.477. The SMILES string of the molecule is C=CC(=O)OC(C)(C)CCC(C)(C)OC(=O)C=C.CC(C)(CCC(C)(C)OC(=O)CCS)OC(=O)CCS. The highest BCUT2D eigenvalue weighted by Crippen LogP contribution is 2.26. The van der Waals surface area contributed by atoms with E-state index < -0.39 is 34.3 Å². The molecule has 0 aromatic carbocycles. The van der Waals surface area contributed by atoms with E-state index in [0.717, 1.165) is 12.2 Å². The highest BCUT2D eigenvalue weighted by atomic mass is 32.1. The molecule has 0 N–H and O–H groups in total. The van der Waals surface area contributed by atoms with Gasteiger partial charge in [-0.05, 0) is 81.1 Å². The molecule has 0 rings (SSSR count). The van der Waals surface area contributed by atoms with Gasteiger partial charge in [0.2, 0.25) is 0 Å². The standard InChI is InChI=1S/C14H26O4S2.C14H22O4/c1-13(2,17-11(15)5-9-19)7-8-14(3,4)18-12(16)6-10-20;1-7-11(15)17-13(3,4)9-10-14(5,6)18-12(16)8-2/h19-20H,5-10H2,1-4H3;7-8H,1-2,9-10H2,3-6H3. The van der Waals surface area contributed by atoms with Gasteiger partial charge in [0.15, 0.2) is 0 Å². The summed E-state index contributed by atoms with van der Waals surface area (Å²) >= 11 is 8.00. The molecular weight excluding hydrogens is 528 g/mol. The lowest BCUT2D eigenvalue weighted by atomic mass is 9.93. The summed E-state index contributed by atoms with van der Waals surface area (Å²) in [5.41, 5.74) is -2.40. The number of hydrogen-bond acceptors (Lipinski definition) is 10. The molecule has 0 atom stereocenters. The van der Waals surface area contributed by atoms with Crippen molar-refractivity contribution in [2.45, 2.75) is 116 Å². The minimum Gasteiger partial charge on any atom is -0.460 e. The van der Waals surface area contributed by atoms with Crippen molar-refractivity contribution in [3.8, 4) is 0 Å². The molecule has 0 aliphatic rings. The van der Waals surface area contributed by atoms with Crippen LogP contribution in [0.2, 0.25) is 0 Å². The van der Waals surface area contributed by atoms with Crippen molar-refractivity contribution in [1.29, 1.82) is 0 Å². The first-order chi connectivity index (χ1) is 17.2. The van der Waals surface area contributed by atoms with Crippen LogP contribution in [0.3, 0.4) is 0 Å². The van der Waals surface area contributed by atoms with Crippen LogP contribution in [0.1, 0.15) is 93.9 Å². The second kappa shape index (κ2) is 17.6. The molecule has 0 saturated heterocycles. The maximum atomic E-state index is 11.5. The molecule has 0 amide bonds. The molecule has 0 radical (unpaired) electrons. The second-order valence-corrected chi connectivity index (χ2v) is 12.1. The quantitative estimate of drug-likeness (QED) is 0.102. The normalized spacial score (nSPS) is 11.8. The first-order valence-electron chi connectivity index (χ1n) is 12.6. The molecule has 0 aromatic heterocycles. The lowest BCUT2D eigenvalue weighted by molar-refractivity contribution is -0.163. The molecule has 0 bridgehead atoms. The van der Waals surface area contributed by atoms with E-state index in [1.165, 1.54) is 0 Å². The largest absolute Gasteiger partial charge is 0.460 e. The zero-order valence-electron chi connectivity index (χ0n) is 24.4. The summed E-state index contributed by atoms with van der Waals surface area (Å²) in [6.45, 7) is 21.3. The van der Waals surface area contributed by atoms with Crippen LogP contribution in [0.25, 0.3) is 0 Å². The highest BCUT2D eigenvalue weighted by Gasteiger charge is 2.30. The molecular formula is C28H48O8S2. The van der Waals surface area contributed by atoms with Crippen LogP contribution in [0.15, 0.2) is 25.3 Å². The third-order valence-corrected chi connectivity index (χ3v) is 5.60. The lowest BCUT2D eigenvalue weighted by Crippen LogP contribution is -2.34. The van der Waals surface area contributed by atoms with Gasteiger partial charge in [-0.1, -0.05) is 13.2 Å². The fourth-order valence-electron chi connectivity index (χ4n) is 2.94. The van der Waals surface area contributed by atoms with Crippen molar-refractivity contribution < 1.29 is 38.1 Å². The lowest BCUT2D eigenvalue weighted by Gasteiger charge is -2.31. The monoisotopic (exact) mass is 576 g/mol. The van der Waals surface area contributed by atoms with E-state index in [4.69, 9.17) is 18.9 Å². The molecule has 0 aliphatic heterocycles. The third kappa shape index (κ3) is 21.0. The average molecular weight is 577 g/mol. The van der Waals surface area contributed by atoms with E-state index in [1.807, 2.05) is 27.7 Å². The number of rotatable bonds is 16. The van der Waals surface area contributed by atoms with Crippen LogP contribution in [-0.4, -0.2) is 57.8 Å². The Kier molecular flexibility index (Phi) is 17.7. The van der Waals surface area contributed by atoms with Crippen LogP contribution in [-0.2, 0) is 38.1 Å². The molecule has 0 aliphatic carbocycles.